The Kier molecular flexibility index (Phi) is 4.99. The topological polar surface area (TPSA) is 64.0 Å². The quantitative estimate of drug-likeness (QED) is 0.882. The lowest BCUT2D eigenvalue weighted by molar-refractivity contribution is 0.519. The van der Waals surface area contributed by atoms with E-state index < -0.39 is 9.84 Å². The molecule has 1 aromatic heterocycles. The van der Waals surface area contributed by atoms with Crippen molar-refractivity contribution in [2.24, 2.45) is 5.92 Å². The molecule has 1 fully saturated rings. The molecule has 1 saturated heterocycles. The molecule has 1 atom stereocenters. The summed E-state index contributed by atoms with van der Waals surface area (Å²) in [6.45, 7) is 5.47. The van der Waals surface area contributed by atoms with Crippen LogP contribution in [0, 0.1) is 19.8 Å². The molecule has 0 radical (unpaired) electrons. The van der Waals surface area contributed by atoms with E-state index in [4.69, 9.17) is 11.6 Å². The molecule has 2 heterocycles. The Morgan fingerprint density at radius 1 is 1.29 bits per heavy atom. The van der Waals surface area contributed by atoms with Crippen LogP contribution in [0.3, 0.4) is 0 Å². The van der Waals surface area contributed by atoms with Gasteiger partial charge < -0.3 is 5.32 Å². The fourth-order valence-corrected chi connectivity index (χ4v) is 5.19. The summed E-state index contributed by atoms with van der Waals surface area (Å²) in [5.74, 6) is 0.857. The number of rotatable bonds is 5. The van der Waals surface area contributed by atoms with Crippen molar-refractivity contribution in [1.29, 1.82) is 0 Å². The zero-order chi connectivity index (χ0) is 17.3. The average Bonchev–Trinajstić information content (AvgIpc) is 3.01. The van der Waals surface area contributed by atoms with E-state index in [0.29, 0.717) is 23.1 Å². The first-order valence-corrected chi connectivity index (χ1v) is 10.3. The van der Waals surface area contributed by atoms with E-state index in [2.05, 4.69) is 10.4 Å². The third-order valence-corrected chi connectivity index (χ3v) is 6.66. The number of nitrogens with one attached hydrogen (secondary N) is 1. The second kappa shape index (κ2) is 6.86. The normalized spacial score (nSPS) is 19.7. The molecule has 0 saturated carbocycles. The molecule has 1 aromatic carbocycles. The highest BCUT2D eigenvalue weighted by atomic mass is 35.5. The van der Waals surface area contributed by atoms with Gasteiger partial charge in [-0.3, -0.25) is 0 Å². The van der Waals surface area contributed by atoms with Gasteiger partial charge in [0, 0.05) is 22.8 Å². The number of nitrogens with zero attached hydrogens (tertiary/aromatic N) is 2. The minimum absolute atomic E-state index is 0.224. The van der Waals surface area contributed by atoms with Crippen LogP contribution in [-0.2, 0) is 16.4 Å². The standard InChI is InChI=1S/C17H22ClN3O2S/c1-12-17(10-19-9-14-7-8-24(22,23)11-14)13(2)21(20-12)16-5-3-15(18)4-6-16/h3-6,14,19H,7-11H2,1-2H3/t14-/m1/s1. The third-order valence-electron chi connectivity index (χ3n) is 4.57. The number of hydrogen-bond donors (Lipinski definition) is 1. The Morgan fingerprint density at radius 2 is 2.00 bits per heavy atom. The van der Waals surface area contributed by atoms with E-state index in [1.165, 1.54) is 0 Å². The Hall–Kier alpha value is -1.37. The number of halogens is 1. The van der Waals surface area contributed by atoms with Gasteiger partial charge in [0.1, 0.15) is 0 Å². The van der Waals surface area contributed by atoms with Gasteiger partial charge in [0.05, 0.1) is 22.9 Å². The van der Waals surface area contributed by atoms with Crippen molar-refractivity contribution in [2.75, 3.05) is 18.1 Å². The molecule has 7 heteroatoms. The summed E-state index contributed by atoms with van der Waals surface area (Å²) in [5.41, 5.74) is 4.20. The molecule has 0 amide bonds. The van der Waals surface area contributed by atoms with Crippen molar-refractivity contribution in [2.45, 2.75) is 26.8 Å². The lowest BCUT2D eigenvalue weighted by Gasteiger charge is -2.10. The summed E-state index contributed by atoms with van der Waals surface area (Å²) in [6.07, 6.45) is 0.761. The molecule has 0 spiro atoms. The maximum Gasteiger partial charge on any atom is 0.150 e. The summed E-state index contributed by atoms with van der Waals surface area (Å²) in [6, 6.07) is 7.60. The van der Waals surface area contributed by atoms with E-state index in [-0.39, 0.29) is 5.92 Å². The first-order chi connectivity index (χ1) is 11.4. The minimum Gasteiger partial charge on any atom is -0.312 e. The van der Waals surface area contributed by atoms with Crippen LogP contribution in [0.1, 0.15) is 23.4 Å². The lowest BCUT2D eigenvalue weighted by atomic mass is 10.1. The fraction of sp³-hybridized carbons (Fsp3) is 0.471. The molecule has 1 aliphatic rings. The third kappa shape index (κ3) is 3.82. The smallest absolute Gasteiger partial charge is 0.150 e. The Morgan fingerprint density at radius 3 is 2.62 bits per heavy atom. The van der Waals surface area contributed by atoms with Crippen molar-refractivity contribution in [3.8, 4) is 5.69 Å². The number of benzene rings is 1. The van der Waals surface area contributed by atoms with Crippen molar-refractivity contribution < 1.29 is 8.42 Å². The van der Waals surface area contributed by atoms with E-state index in [1.54, 1.807) is 0 Å². The van der Waals surface area contributed by atoms with Crippen LogP contribution < -0.4 is 5.32 Å². The summed E-state index contributed by atoms with van der Waals surface area (Å²) in [7, 11) is -2.81. The molecule has 2 aromatic rings. The van der Waals surface area contributed by atoms with E-state index in [0.717, 1.165) is 35.6 Å². The molecular formula is C17H22ClN3O2S. The zero-order valence-electron chi connectivity index (χ0n) is 13.9. The summed E-state index contributed by atoms with van der Waals surface area (Å²) in [4.78, 5) is 0. The summed E-state index contributed by atoms with van der Waals surface area (Å²) >= 11 is 5.94. The molecule has 1 aliphatic heterocycles. The lowest BCUT2D eigenvalue weighted by Crippen LogP contribution is -2.23. The van der Waals surface area contributed by atoms with E-state index >= 15 is 0 Å². The monoisotopic (exact) mass is 367 g/mol. The van der Waals surface area contributed by atoms with Crippen LogP contribution in [0.25, 0.3) is 5.69 Å². The van der Waals surface area contributed by atoms with Crippen LogP contribution in [0.15, 0.2) is 24.3 Å². The van der Waals surface area contributed by atoms with Gasteiger partial charge in [0.2, 0.25) is 0 Å². The highest BCUT2D eigenvalue weighted by Gasteiger charge is 2.27. The van der Waals surface area contributed by atoms with Gasteiger partial charge in [-0.1, -0.05) is 11.6 Å². The SMILES string of the molecule is Cc1nn(-c2ccc(Cl)cc2)c(C)c1CNC[C@H]1CCS(=O)(=O)C1. The maximum atomic E-state index is 11.5. The van der Waals surface area contributed by atoms with Crippen LogP contribution in [0.2, 0.25) is 5.02 Å². The van der Waals surface area contributed by atoms with Crippen molar-refractivity contribution >= 4 is 21.4 Å². The van der Waals surface area contributed by atoms with Crippen LogP contribution in [0.4, 0.5) is 0 Å². The number of aryl methyl sites for hydroxylation is 1. The Bertz CT molecular complexity index is 828. The number of aromatic nitrogens is 2. The van der Waals surface area contributed by atoms with Crippen LogP contribution in [0.5, 0.6) is 0 Å². The Labute approximate surface area is 147 Å². The second-order valence-electron chi connectivity index (χ2n) is 6.44. The first-order valence-electron chi connectivity index (χ1n) is 8.08. The van der Waals surface area contributed by atoms with E-state index in [1.807, 2.05) is 42.8 Å². The summed E-state index contributed by atoms with van der Waals surface area (Å²) < 4.78 is 25.0. The van der Waals surface area contributed by atoms with Crippen molar-refractivity contribution in [3.05, 3.63) is 46.2 Å². The van der Waals surface area contributed by atoms with Crippen molar-refractivity contribution in [3.63, 3.8) is 0 Å². The predicted molar refractivity (Wildman–Crippen MR) is 96.5 cm³/mol. The van der Waals surface area contributed by atoms with Crippen LogP contribution in [-0.4, -0.2) is 36.2 Å². The van der Waals surface area contributed by atoms with Gasteiger partial charge in [0.25, 0.3) is 0 Å². The van der Waals surface area contributed by atoms with Gasteiger partial charge in [-0.15, -0.1) is 0 Å². The maximum absolute atomic E-state index is 11.5. The molecule has 5 nitrogen and oxygen atoms in total. The zero-order valence-corrected chi connectivity index (χ0v) is 15.5. The minimum atomic E-state index is -2.81. The molecular weight excluding hydrogens is 346 g/mol. The fourth-order valence-electron chi connectivity index (χ4n) is 3.20. The van der Waals surface area contributed by atoms with Gasteiger partial charge in [-0.2, -0.15) is 5.10 Å². The first kappa shape index (κ1) is 17.5. The van der Waals surface area contributed by atoms with E-state index in [9.17, 15) is 8.42 Å². The van der Waals surface area contributed by atoms with Gasteiger partial charge in [0.15, 0.2) is 9.84 Å². The molecule has 0 aliphatic carbocycles. The highest BCUT2D eigenvalue weighted by molar-refractivity contribution is 7.91. The molecule has 1 N–H and O–H groups in total. The van der Waals surface area contributed by atoms with Gasteiger partial charge >= 0.3 is 0 Å². The predicted octanol–water partition coefficient (Wildman–Crippen LogP) is 2.67. The highest BCUT2D eigenvalue weighted by Crippen LogP contribution is 2.21. The second-order valence-corrected chi connectivity index (χ2v) is 9.10. The molecule has 0 bridgehead atoms. The molecule has 24 heavy (non-hydrogen) atoms. The number of hydrogen-bond acceptors (Lipinski definition) is 4. The average molecular weight is 368 g/mol. The number of sulfone groups is 1. The van der Waals surface area contributed by atoms with Crippen LogP contribution >= 0.6 is 11.6 Å². The largest absolute Gasteiger partial charge is 0.312 e. The Balaban J connectivity index is 1.67. The molecule has 3 rings (SSSR count). The molecule has 130 valence electrons. The van der Waals surface area contributed by atoms with Gasteiger partial charge in [-0.05, 0) is 57.0 Å². The molecule has 0 unspecified atom stereocenters. The summed E-state index contributed by atoms with van der Waals surface area (Å²) in [5, 5.41) is 8.72. The van der Waals surface area contributed by atoms with Crippen molar-refractivity contribution in [1.82, 2.24) is 15.1 Å². The van der Waals surface area contributed by atoms with Gasteiger partial charge in [-0.25, -0.2) is 13.1 Å².